The van der Waals surface area contributed by atoms with Gasteiger partial charge in [-0.15, -0.1) is 0 Å². The van der Waals surface area contributed by atoms with Crippen LogP contribution in [0.15, 0.2) is 42.5 Å². The van der Waals surface area contributed by atoms with E-state index in [1.807, 2.05) is 0 Å². The van der Waals surface area contributed by atoms with E-state index in [0.717, 1.165) is 0 Å². The van der Waals surface area contributed by atoms with Gasteiger partial charge in [0.15, 0.2) is 6.10 Å². The van der Waals surface area contributed by atoms with E-state index < -0.39 is 6.10 Å². The van der Waals surface area contributed by atoms with Gasteiger partial charge in [-0.3, -0.25) is 4.79 Å². The highest BCUT2D eigenvalue weighted by Crippen LogP contribution is 2.32. The third kappa shape index (κ3) is 4.85. The van der Waals surface area contributed by atoms with Gasteiger partial charge in [0.05, 0.1) is 5.02 Å². The first-order valence-electron chi connectivity index (χ1n) is 7.11. The Balaban J connectivity index is 1.86. The van der Waals surface area contributed by atoms with E-state index in [2.05, 4.69) is 5.32 Å². The Labute approximate surface area is 144 Å². The Morgan fingerprint density at radius 2 is 1.96 bits per heavy atom. The summed E-state index contributed by atoms with van der Waals surface area (Å²) in [5.74, 6) is -0.245. The second-order valence-corrected chi connectivity index (χ2v) is 5.73. The third-order valence-electron chi connectivity index (χ3n) is 3.24. The third-order valence-corrected chi connectivity index (χ3v) is 4.04. The molecular formula is C17H16Cl2FNO2. The van der Waals surface area contributed by atoms with Crippen molar-refractivity contribution < 1.29 is 13.9 Å². The summed E-state index contributed by atoms with van der Waals surface area (Å²) < 4.78 is 19.0. The Morgan fingerprint density at radius 3 is 2.70 bits per heavy atom. The molecule has 1 amide bonds. The first-order valence-corrected chi connectivity index (χ1v) is 7.86. The molecule has 2 aromatic carbocycles. The number of benzene rings is 2. The smallest absolute Gasteiger partial charge is 0.260 e. The van der Waals surface area contributed by atoms with E-state index in [-0.39, 0.29) is 16.7 Å². The normalized spacial score (nSPS) is 11.8. The molecule has 23 heavy (non-hydrogen) atoms. The second kappa shape index (κ2) is 8.18. The maximum absolute atomic E-state index is 13.5. The summed E-state index contributed by atoms with van der Waals surface area (Å²) in [7, 11) is 0. The number of ether oxygens (including phenoxy) is 1. The lowest BCUT2D eigenvalue weighted by Crippen LogP contribution is -2.37. The molecule has 0 saturated heterocycles. The number of hydrogen-bond acceptors (Lipinski definition) is 2. The van der Waals surface area contributed by atoms with Crippen LogP contribution in [0.25, 0.3) is 0 Å². The van der Waals surface area contributed by atoms with Crippen LogP contribution in [0, 0.1) is 5.82 Å². The monoisotopic (exact) mass is 355 g/mol. The van der Waals surface area contributed by atoms with E-state index in [1.165, 1.54) is 6.07 Å². The molecule has 0 aliphatic carbocycles. The summed E-state index contributed by atoms with van der Waals surface area (Å²) in [6, 6.07) is 11.4. The molecule has 0 saturated carbocycles. The van der Waals surface area contributed by atoms with Gasteiger partial charge in [-0.2, -0.15) is 0 Å². The molecule has 2 rings (SSSR count). The predicted molar refractivity (Wildman–Crippen MR) is 89.7 cm³/mol. The predicted octanol–water partition coefficient (Wildman–Crippen LogP) is 4.26. The number of halogens is 3. The molecule has 0 aromatic heterocycles. The van der Waals surface area contributed by atoms with Crippen LogP contribution in [0.4, 0.5) is 4.39 Å². The minimum absolute atomic E-state index is 0.264. The molecule has 0 heterocycles. The van der Waals surface area contributed by atoms with Gasteiger partial charge < -0.3 is 10.1 Å². The maximum atomic E-state index is 13.5. The van der Waals surface area contributed by atoms with Crippen molar-refractivity contribution in [2.24, 2.45) is 0 Å². The van der Waals surface area contributed by atoms with Crippen LogP contribution in [-0.4, -0.2) is 18.6 Å². The van der Waals surface area contributed by atoms with Crippen LogP contribution in [0.2, 0.25) is 10.0 Å². The lowest BCUT2D eigenvalue weighted by molar-refractivity contribution is -0.127. The lowest BCUT2D eigenvalue weighted by Gasteiger charge is -2.16. The molecule has 1 atom stereocenters. The van der Waals surface area contributed by atoms with Crippen LogP contribution in [0.3, 0.4) is 0 Å². The molecule has 2 aromatic rings. The van der Waals surface area contributed by atoms with Crippen molar-refractivity contribution in [3.05, 3.63) is 63.9 Å². The molecule has 0 bridgehead atoms. The fraction of sp³-hybridized carbons (Fsp3) is 0.235. The molecule has 1 unspecified atom stereocenters. The molecule has 0 spiro atoms. The maximum Gasteiger partial charge on any atom is 0.260 e. The first kappa shape index (κ1) is 17.6. The van der Waals surface area contributed by atoms with Crippen LogP contribution >= 0.6 is 23.2 Å². The van der Waals surface area contributed by atoms with Gasteiger partial charge in [0.2, 0.25) is 0 Å². The van der Waals surface area contributed by atoms with Crippen molar-refractivity contribution in [3.8, 4) is 5.75 Å². The molecule has 0 fully saturated rings. The highest BCUT2D eigenvalue weighted by Gasteiger charge is 2.16. The van der Waals surface area contributed by atoms with Gasteiger partial charge in [0.1, 0.15) is 16.6 Å². The van der Waals surface area contributed by atoms with Crippen LogP contribution in [-0.2, 0) is 11.2 Å². The topological polar surface area (TPSA) is 38.3 Å². The SMILES string of the molecule is CC(Oc1cccc(Cl)c1Cl)C(=O)NCCc1ccccc1F. The summed E-state index contributed by atoms with van der Waals surface area (Å²) in [6.45, 7) is 1.92. The van der Waals surface area contributed by atoms with Gasteiger partial charge in [-0.25, -0.2) is 4.39 Å². The zero-order valence-electron chi connectivity index (χ0n) is 12.5. The number of amides is 1. The van der Waals surface area contributed by atoms with Gasteiger partial charge in [0, 0.05) is 6.54 Å². The number of rotatable bonds is 6. The average Bonchev–Trinajstić information content (AvgIpc) is 2.53. The van der Waals surface area contributed by atoms with E-state index in [1.54, 1.807) is 43.3 Å². The summed E-state index contributed by atoms with van der Waals surface area (Å²) >= 11 is 11.9. The van der Waals surface area contributed by atoms with Gasteiger partial charge >= 0.3 is 0 Å². The van der Waals surface area contributed by atoms with Crippen molar-refractivity contribution in [3.63, 3.8) is 0 Å². The zero-order chi connectivity index (χ0) is 16.8. The fourth-order valence-corrected chi connectivity index (χ4v) is 2.32. The zero-order valence-corrected chi connectivity index (χ0v) is 14.0. The molecule has 0 aliphatic rings. The van der Waals surface area contributed by atoms with E-state index in [4.69, 9.17) is 27.9 Å². The van der Waals surface area contributed by atoms with Crippen LogP contribution < -0.4 is 10.1 Å². The quantitative estimate of drug-likeness (QED) is 0.840. The summed E-state index contributed by atoms with van der Waals surface area (Å²) in [6.07, 6.45) is -0.338. The summed E-state index contributed by atoms with van der Waals surface area (Å²) in [4.78, 5) is 12.0. The molecular weight excluding hydrogens is 340 g/mol. The molecule has 122 valence electrons. The minimum atomic E-state index is -0.744. The highest BCUT2D eigenvalue weighted by molar-refractivity contribution is 6.42. The lowest BCUT2D eigenvalue weighted by atomic mass is 10.1. The van der Waals surface area contributed by atoms with E-state index in [0.29, 0.717) is 29.3 Å². The first-order chi connectivity index (χ1) is 11.0. The van der Waals surface area contributed by atoms with Gasteiger partial charge in [0.25, 0.3) is 5.91 Å². The van der Waals surface area contributed by atoms with E-state index in [9.17, 15) is 9.18 Å². The molecule has 0 aliphatic heterocycles. The van der Waals surface area contributed by atoms with Gasteiger partial charge in [-0.1, -0.05) is 47.5 Å². The number of hydrogen-bond donors (Lipinski definition) is 1. The summed E-state index contributed by atoms with van der Waals surface area (Å²) in [5, 5.41) is 3.33. The molecule has 6 heteroatoms. The average molecular weight is 356 g/mol. The largest absolute Gasteiger partial charge is 0.479 e. The van der Waals surface area contributed by atoms with Crippen molar-refractivity contribution >= 4 is 29.1 Å². The Morgan fingerprint density at radius 1 is 1.22 bits per heavy atom. The van der Waals surface area contributed by atoms with Crippen molar-refractivity contribution in [1.82, 2.24) is 5.32 Å². The van der Waals surface area contributed by atoms with Crippen molar-refractivity contribution in [2.75, 3.05) is 6.54 Å². The van der Waals surface area contributed by atoms with Crippen molar-refractivity contribution in [1.29, 1.82) is 0 Å². The fourth-order valence-electron chi connectivity index (χ4n) is 1.98. The Kier molecular flexibility index (Phi) is 6.25. The number of nitrogens with one attached hydrogen (secondary N) is 1. The number of carbonyl (C=O) groups is 1. The molecule has 0 radical (unpaired) electrons. The minimum Gasteiger partial charge on any atom is -0.479 e. The Hall–Kier alpha value is -1.78. The van der Waals surface area contributed by atoms with Gasteiger partial charge in [-0.05, 0) is 37.1 Å². The summed E-state index contributed by atoms with van der Waals surface area (Å²) in [5.41, 5.74) is 0.555. The molecule has 3 nitrogen and oxygen atoms in total. The van der Waals surface area contributed by atoms with Crippen LogP contribution in [0.1, 0.15) is 12.5 Å². The van der Waals surface area contributed by atoms with Crippen LogP contribution in [0.5, 0.6) is 5.75 Å². The highest BCUT2D eigenvalue weighted by atomic mass is 35.5. The standard InChI is InChI=1S/C17H16Cl2FNO2/c1-11(23-15-8-4-6-13(18)16(15)19)17(22)21-10-9-12-5-2-3-7-14(12)20/h2-8,11H,9-10H2,1H3,(H,21,22). The second-order valence-electron chi connectivity index (χ2n) is 4.94. The molecule has 1 N–H and O–H groups in total. The van der Waals surface area contributed by atoms with E-state index >= 15 is 0 Å². The van der Waals surface area contributed by atoms with Crippen molar-refractivity contribution in [2.45, 2.75) is 19.4 Å². The Bertz CT molecular complexity index is 694. The number of carbonyl (C=O) groups excluding carboxylic acids is 1.